The molecule has 0 spiro atoms. The normalized spacial score (nSPS) is 13.7. The van der Waals surface area contributed by atoms with Crippen LogP contribution >= 0.6 is 25.3 Å². The summed E-state index contributed by atoms with van der Waals surface area (Å²) in [6.07, 6.45) is 4.81. The van der Waals surface area contributed by atoms with Gasteiger partial charge in [0.2, 0.25) is 53.2 Å². The first-order valence-electron chi connectivity index (χ1n) is 26.1. The van der Waals surface area contributed by atoms with Crippen LogP contribution in [-0.4, -0.2) is 152 Å². The lowest BCUT2D eigenvalue weighted by molar-refractivity contribution is -0.135. The molecule has 0 saturated carbocycles. The summed E-state index contributed by atoms with van der Waals surface area (Å²) in [5.41, 5.74) is 30.0. The second-order valence-corrected chi connectivity index (χ2v) is 21.1. The average Bonchev–Trinajstić information content (AvgIpc) is 4.12. The van der Waals surface area contributed by atoms with E-state index in [0.29, 0.717) is 23.2 Å². The van der Waals surface area contributed by atoms with Gasteiger partial charge in [0.25, 0.3) is 0 Å². The maximum Gasteiger partial charge on any atom is 0.244 e. The number of imidazole rings is 1. The number of hydrogen-bond donors (Lipinski definition) is 17. The van der Waals surface area contributed by atoms with Gasteiger partial charge in [-0.25, -0.2) is 4.98 Å². The van der Waals surface area contributed by atoms with Crippen LogP contribution < -0.4 is 71.2 Å². The molecule has 440 valence electrons. The third kappa shape index (κ3) is 22.7. The Bertz CT molecular complexity index is 2820. The molecule has 81 heavy (non-hydrogen) atoms. The number of amides is 9. The number of nitrogens with zero attached hydrogens (tertiary/aromatic N) is 3. The van der Waals surface area contributed by atoms with Gasteiger partial charge in [-0.3, -0.25) is 53.1 Å². The summed E-state index contributed by atoms with van der Waals surface area (Å²) >= 11 is 8.68. The second kappa shape index (κ2) is 32.7. The van der Waals surface area contributed by atoms with Gasteiger partial charge in [0, 0.05) is 91.7 Å². The number of rotatable bonds is 34. The number of guanidine groups is 2. The molecule has 7 atom stereocenters. The van der Waals surface area contributed by atoms with E-state index in [4.69, 9.17) is 28.7 Å². The van der Waals surface area contributed by atoms with Crippen molar-refractivity contribution in [1.82, 2.24) is 57.5 Å². The van der Waals surface area contributed by atoms with Crippen LogP contribution in [0.2, 0.25) is 0 Å². The summed E-state index contributed by atoms with van der Waals surface area (Å²) in [5, 5.41) is 22.3. The molecule has 0 aliphatic carbocycles. The molecule has 0 bridgehead atoms. The quantitative estimate of drug-likeness (QED) is 0.00993. The SMILES string of the molecule is CC(=O)N[C@@H](CCCN=C(N)N)C(=O)N[C@@H](CS)C(=O)N[C@@H](Cc1cnc[nH]1)C(=O)N[C@H](Cc1ccccc1)C(=O)N[C@@H](CCCN=C(N)N)C(=O)N[C@@H](Cc1c[nH]c2ccccc12)C(=O)NCCCC(=O)N[C@H](C(N)=O)C(C)(C)S. The number of carbonyl (C=O) groups is 9. The standard InChI is InChI=1S/C52H76N18O9S2/c1-29(71)64-35(16-9-20-60-50(54)55)45(75)69-40(27-80)49(79)68-39(24-32-26-58-28-63-32)48(78)66-37(22-30-12-5-4-6-13-30)47(77)65-36(17-10-21-61-51(56)57)46(76)67-38(23-31-25-62-34-15-8-7-14-33(31)34)44(74)59-19-11-18-41(72)70-42(43(53)73)52(2,3)81/h4-8,12-15,25-26,28,35-40,42,62,80-81H,9-11,16-24,27H2,1-3H3,(H2,53,73)(H,58,63)(H,59,74)(H,64,71)(H,65,77)(H,66,78)(H,67,76)(H,68,79)(H,69,75)(H,70,72)(H4,54,55,60)(H4,56,57,61)/t35-,36-,37+,38-,39-,40-,42+/m0/s1. The lowest BCUT2D eigenvalue weighted by Gasteiger charge is -2.28. The Balaban J connectivity index is 1.61. The summed E-state index contributed by atoms with van der Waals surface area (Å²) < 4.78 is -0.951. The van der Waals surface area contributed by atoms with Crippen molar-refractivity contribution in [2.24, 2.45) is 38.7 Å². The van der Waals surface area contributed by atoms with E-state index in [1.807, 2.05) is 24.3 Å². The lowest BCUT2D eigenvalue weighted by atomic mass is 10.0. The summed E-state index contributed by atoms with van der Waals surface area (Å²) in [6, 6.07) is 7.18. The number of para-hydroxylation sites is 1. The Kier molecular flexibility index (Phi) is 26.3. The molecule has 20 N–H and O–H groups in total. The van der Waals surface area contributed by atoms with Crippen LogP contribution in [-0.2, 0) is 62.4 Å². The molecule has 0 saturated heterocycles. The Morgan fingerprint density at radius 2 is 1.14 bits per heavy atom. The molecule has 0 aliphatic heterocycles. The highest BCUT2D eigenvalue weighted by Gasteiger charge is 2.35. The fourth-order valence-electron chi connectivity index (χ4n) is 8.37. The molecular weight excluding hydrogens is 1080 g/mol. The fraction of sp³-hybridized carbons (Fsp3) is 0.462. The maximum absolute atomic E-state index is 14.7. The molecule has 0 fully saturated rings. The van der Waals surface area contributed by atoms with Crippen molar-refractivity contribution in [3.05, 3.63) is 90.1 Å². The summed E-state index contributed by atoms with van der Waals surface area (Å²) in [5.74, 6) is -6.95. The molecule has 2 aromatic carbocycles. The molecular formula is C52H76N18O9S2. The van der Waals surface area contributed by atoms with Gasteiger partial charge >= 0.3 is 0 Å². The predicted molar refractivity (Wildman–Crippen MR) is 312 cm³/mol. The van der Waals surface area contributed by atoms with E-state index in [0.717, 1.165) is 10.9 Å². The van der Waals surface area contributed by atoms with Crippen molar-refractivity contribution in [2.45, 2.75) is 126 Å². The zero-order chi connectivity index (χ0) is 59.6. The number of primary amides is 1. The number of carbonyl (C=O) groups excluding carboxylic acids is 9. The number of aromatic nitrogens is 3. The highest BCUT2D eigenvalue weighted by atomic mass is 32.1. The van der Waals surface area contributed by atoms with Crippen LogP contribution in [0.15, 0.2) is 83.3 Å². The maximum atomic E-state index is 14.7. The van der Waals surface area contributed by atoms with Crippen LogP contribution in [0, 0.1) is 0 Å². The van der Waals surface area contributed by atoms with Gasteiger partial charge in [0.15, 0.2) is 11.9 Å². The van der Waals surface area contributed by atoms with Crippen molar-refractivity contribution in [3.8, 4) is 0 Å². The molecule has 27 nitrogen and oxygen atoms in total. The van der Waals surface area contributed by atoms with Gasteiger partial charge in [-0.05, 0) is 63.1 Å². The Morgan fingerprint density at radius 1 is 0.617 bits per heavy atom. The van der Waals surface area contributed by atoms with Gasteiger partial charge in [-0.1, -0.05) is 48.5 Å². The first-order valence-corrected chi connectivity index (χ1v) is 27.2. The van der Waals surface area contributed by atoms with E-state index in [1.54, 1.807) is 50.4 Å². The number of aliphatic imine (C=N–C) groups is 2. The smallest absolute Gasteiger partial charge is 0.244 e. The monoisotopic (exact) mass is 1160 g/mol. The number of H-pyrrole nitrogens is 2. The van der Waals surface area contributed by atoms with E-state index in [-0.39, 0.29) is 88.7 Å². The van der Waals surface area contributed by atoms with Crippen molar-refractivity contribution < 1.29 is 43.2 Å². The lowest BCUT2D eigenvalue weighted by Crippen LogP contribution is -2.60. The average molecular weight is 1160 g/mol. The van der Waals surface area contributed by atoms with Gasteiger partial charge in [0.05, 0.1) is 6.33 Å². The first-order chi connectivity index (χ1) is 38.4. The number of aromatic amines is 2. The molecule has 0 radical (unpaired) electrons. The number of nitrogens with two attached hydrogens (primary N) is 5. The van der Waals surface area contributed by atoms with Crippen LogP contribution in [0.25, 0.3) is 10.9 Å². The fourth-order valence-corrected chi connectivity index (χ4v) is 8.82. The third-order valence-corrected chi connectivity index (χ3v) is 13.1. The molecule has 4 aromatic rings. The van der Waals surface area contributed by atoms with Crippen molar-refractivity contribution in [3.63, 3.8) is 0 Å². The van der Waals surface area contributed by atoms with E-state index in [9.17, 15) is 43.2 Å². The van der Waals surface area contributed by atoms with E-state index in [1.165, 1.54) is 19.4 Å². The van der Waals surface area contributed by atoms with Gasteiger partial charge in [-0.15, -0.1) is 0 Å². The number of nitrogens with one attached hydrogen (secondary N) is 10. The van der Waals surface area contributed by atoms with Crippen molar-refractivity contribution in [1.29, 1.82) is 0 Å². The largest absolute Gasteiger partial charge is 0.370 e. The highest BCUT2D eigenvalue weighted by Crippen LogP contribution is 2.20. The van der Waals surface area contributed by atoms with Gasteiger partial charge in [-0.2, -0.15) is 25.3 Å². The minimum Gasteiger partial charge on any atom is -0.370 e. The molecule has 4 rings (SSSR count). The molecule has 0 aliphatic rings. The first kappa shape index (κ1) is 65.2. The van der Waals surface area contributed by atoms with Crippen LogP contribution in [0.3, 0.4) is 0 Å². The number of benzene rings is 2. The zero-order valence-corrected chi connectivity index (χ0v) is 47.2. The highest BCUT2D eigenvalue weighted by molar-refractivity contribution is 7.81. The number of fused-ring (bicyclic) bond motifs is 1. The summed E-state index contributed by atoms with van der Waals surface area (Å²) in [4.78, 5) is 140. The summed E-state index contributed by atoms with van der Waals surface area (Å²) in [6.45, 7) is 4.70. The van der Waals surface area contributed by atoms with E-state index in [2.05, 4.69) is 92.7 Å². The number of hydrogen-bond acceptors (Lipinski definition) is 14. The van der Waals surface area contributed by atoms with Crippen molar-refractivity contribution >= 4 is 101 Å². The van der Waals surface area contributed by atoms with Gasteiger partial charge in [0.1, 0.15) is 42.3 Å². The minimum atomic E-state index is -1.40. The topological polar surface area (TPSA) is 449 Å². The van der Waals surface area contributed by atoms with Crippen LogP contribution in [0.5, 0.6) is 0 Å². The molecule has 0 unspecified atom stereocenters. The zero-order valence-electron chi connectivity index (χ0n) is 45.5. The summed E-state index contributed by atoms with van der Waals surface area (Å²) in [7, 11) is 0. The third-order valence-electron chi connectivity index (χ3n) is 12.5. The van der Waals surface area contributed by atoms with E-state index < -0.39 is 100 Å². The molecule has 2 aromatic heterocycles. The number of thiol groups is 2. The molecule has 29 heteroatoms. The van der Waals surface area contributed by atoms with Crippen molar-refractivity contribution in [2.75, 3.05) is 25.4 Å². The van der Waals surface area contributed by atoms with Gasteiger partial charge < -0.3 is 81.2 Å². The second-order valence-electron chi connectivity index (χ2n) is 19.6. The molecule has 2 heterocycles. The van der Waals surface area contributed by atoms with E-state index >= 15 is 0 Å². The van der Waals surface area contributed by atoms with Crippen LogP contribution in [0.4, 0.5) is 0 Å². The minimum absolute atomic E-state index is 0.00876. The Hall–Kier alpha value is -8.34. The Labute approximate surface area is 479 Å². The predicted octanol–water partition coefficient (Wildman–Crippen LogP) is -2.54. The molecule has 9 amide bonds. The Morgan fingerprint density at radius 3 is 1.68 bits per heavy atom. The van der Waals surface area contributed by atoms with Crippen LogP contribution in [0.1, 0.15) is 76.1 Å².